The first-order valence-electron chi connectivity index (χ1n) is 15.8. The van der Waals surface area contributed by atoms with Crippen LogP contribution in [0.1, 0.15) is 57.7 Å². The summed E-state index contributed by atoms with van der Waals surface area (Å²) in [5, 5.41) is 2.10. The number of carbonyl (C=O) groups excluding carboxylic acids is 4. The summed E-state index contributed by atoms with van der Waals surface area (Å²) in [5.74, 6) is -3.47. The second-order valence-electron chi connectivity index (χ2n) is 11.4. The van der Waals surface area contributed by atoms with Crippen LogP contribution < -0.4 is 5.32 Å². The fourth-order valence-corrected chi connectivity index (χ4v) is 7.49. The Morgan fingerprint density at radius 3 is 2.02 bits per heavy atom. The lowest BCUT2D eigenvalue weighted by molar-refractivity contribution is -0.136. The number of hydrogen-bond acceptors (Lipinski definition) is 13. The number of sulfone groups is 1. The molecule has 50 heavy (non-hydrogen) atoms. The molecule has 18 heteroatoms. The van der Waals surface area contributed by atoms with Gasteiger partial charge in [0.15, 0.2) is 9.84 Å². The number of imide groups is 2. The highest BCUT2D eigenvalue weighted by Crippen LogP contribution is 2.32. The molecule has 4 rings (SSSR count). The van der Waals surface area contributed by atoms with Crippen molar-refractivity contribution in [1.82, 2.24) is 10.2 Å². The van der Waals surface area contributed by atoms with E-state index in [4.69, 9.17) is 23.7 Å². The molecule has 2 N–H and O–H groups in total. The molecule has 4 amide bonds. The van der Waals surface area contributed by atoms with Crippen LogP contribution in [0.25, 0.3) is 0 Å². The number of carbonyl (C=O) groups is 4. The molecule has 2 heterocycles. The Hall–Kier alpha value is -3.62. The number of ether oxygens (including phenoxy) is 5. The molecular weight excluding hydrogens is 700 g/mol. The average molecular weight is 741 g/mol. The summed E-state index contributed by atoms with van der Waals surface area (Å²) in [6.45, 7) is 5.11. The van der Waals surface area contributed by atoms with Gasteiger partial charge >= 0.3 is 0 Å². The Morgan fingerprint density at radius 2 is 1.42 bits per heavy atom. The molecule has 0 saturated carbocycles. The normalized spacial score (nSPS) is 17.3. The Labute approximate surface area is 290 Å². The van der Waals surface area contributed by atoms with Gasteiger partial charge in [-0.15, -0.1) is 0 Å². The second-order valence-corrected chi connectivity index (χ2v) is 14.9. The van der Waals surface area contributed by atoms with Crippen molar-refractivity contribution in [2.45, 2.75) is 48.6 Å². The minimum absolute atomic E-state index is 0.0480. The minimum atomic E-state index is -4.38. The molecule has 2 aromatic carbocycles. The van der Waals surface area contributed by atoms with Crippen LogP contribution in [-0.2, 0) is 53.2 Å². The molecule has 0 bridgehead atoms. The molecule has 2 aliphatic rings. The van der Waals surface area contributed by atoms with Gasteiger partial charge in [-0.1, -0.05) is 23.8 Å². The minimum Gasteiger partial charge on any atom is -0.378 e. The van der Waals surface area contributed by atoms with E-state index in [0.717, 1.165) is 5.56 Å². The zero-order valence-corrected chi connectivity index (χ0v) is 29.3. The molecule has 2 aromatic rings. The monoisotopic (exact) mass is 740 g/mol. The van der Waals surface area contributed by atoms with E-state index in [9.17, 15) is 40.6 Å². The molecule has 16 nitrogen and oxygen atoms in total. The van der Waals surface area contributed by atoms with Gasteiger partial charge in [-0.25, -0.2) is 8.42 Å². The molecule has 0 radical (unpaired) electrons. The van der Waals surface area contributed by atoms with Gasteiger partial charge in [-0.05, 0) is 38.5 Å². The van der Waals surface area contributed by atoms with Crippen molar-refractivity contribution in [2.75, 3.05) is 65.2 Å². The topological polar surface area (TPSA) is 218 Å². The van der Waals surface area contributed by atoms with Crippen molar-refractivity contribution in [2.24, 2.45) is 0 Å². The van der Waals surface area contributed by atoms with Crippen LogP contribution in [0.5, 0.6) is 0 Å². The number of piperidine rings is 1. The predicted molar refractivity (Wildman–Crippen MR) is 174 cm³/mol. The summed E-state index contributed by atoms with van der Waals surface area (Å²) in [5.41, 5.74) is 0.766. The molecule has 2 unspecified atom stereocenters. The second kappa shape index (κ2) is 17.5. The van der Waals surface area contributed by atoms with Crippen LogP contribution in [-0.4, -0.2) is 121 Å². The largest absolute Gasteiger partial charge is 0.378 e. The van der Waals surface area contributed by atoms with Crippen LogP contribution in [0, 0.1) is 6.92 Å². The number of amides is 4. The molecule has 2 atom stereocenters. The van der Waals surface area contributed by atoms with Crippen LogP contribution in [0.4, 0.5) is 0 Å². The molecule has 274 valence electrons. The number of hydrogen-bond donors (Lipinski definition) is 2. The number of aryl methyl sites for hydroxylation is 1. The average Bonchev–Trinajstić information content (AvgIpc) is 3.31. The Kier molecular flexibility index (Phi) is 13.7. The van der Waals surface area contributed by atoms with Crippen molar-refractivity contribution in [1.29, 1.82) is 0 Å². The fourth-order valence-electron chi connectivity index (χ4n) is 5.38. The van der Waals surface area contributed by atoms with Gasteiger partial charge in [0.1, 0.15) is 6.04 Å². The van der Waals surface area contributed by atoms with Crippen molar-refractivity contribution < 1.29 is 64.3 Å². The van der Waals surface area contributed by atoms with Gasteiger partial charge in [-0.2, -0.15) is 8.42 Å². The number of benzene rings is 2. The summed E-state index contributed by atoms with van der Waals surface area (Å²) in [6.07, 6.45) is -0.688. The smallest absolute Gasteiger partial charge is 0.294 e. The zero-order valence-electron chi connectivity index (χ0n) is 27.6. The Morgan fingerprint density at radius 1 is 0.820 bits per heavy atom. The van der Waals surface area contributed by atoms with Crippen molar-refractivity contribution in [3.63, 3.8) is 0 Å². The van der Waals surface area contributed by atoms with E-state index in [1.807, 2.05) is 0 Å². The van der Waals surface area contributed by atoms with Crippen LogP contribution in [0.2, 0.25) is 0 Å². The SMILES string of the molecule is Cc1ccc(S(=O)(=O)O)c(C(C)OCCOCCOCCOCCOCCS(=O)(=O)c2cccc3c2C(=O)N(C2CCC(=O)NC2=O)C3=O)c1. The van der Waals surface area contributed by atoms with E-state index < -0.39 is 61.5 Å². The summed E-state index contributed by atoms with van der Waals surface area (Å²) in [7, 11) is -8.43. The van der Waals surface area contributed by atoms with Gasteiger partial charge in [0, 0.05) is 12.0 Å². The predicted octanol–water partition coefficient (Wildman–Crippen LogP) is 1.26. The highest BCUT2D eigenvalue weighted by atomic mass is 32.2. The molecule has 2 aliphatic heterocycles. The van der Waals surface area contributed by atoms with Crippen molar-refractivity contribution >= 4 is 43.6 Å². The van der Waals surface area contributed by atoms with Crippen molar-refractivity contribution in [3.05, 3.63) is 58.7 Å². The molecule has 0 aromatic heterocycles. The van der Waals surface area contributed by atoms with E-state index in [0.29, 0.717) is 17.1 Å². The Balaban J connectivity index is 1.06. The summed E-state index contributed by atoms with van der Waals surface area (Å²) >= 11 is 0. The number of fused-ring (bicyclic) bond motifs is 1. The highest BCUT2D eigenvalue weighted by Gasteiger charge is 2.46. The lowest BCUT2D eigenvalue weighted by Crippen LogP contribution is -2.54. The molecule has 0 aliphatic carbocycles. The van der Waals surface area contributed by atoms with Crippen LogP contribution >= 0.6 is 0 Å². The van der Waals surface area contributed by atoms with E-state index in [1.165, 1.54) is 24.3 Å². The zero-order chi connectivity index (χ0) is 36.5. The first-order chi connectivity index (χ1) is 23.7. The highest BCUT2D eigenvalue weighted by molar-refractivity contribution is 7.91. The van der Waals surface area contributed by atoms with Gasteiger partial charge in [-0.3, -0.25) is 33.9 Å². The van der Waals surface area contributed by atoms with E-state index in [1.54, 1.807) is 26.0 Å². The van der Waals surface area contributed by atoms with Crippen molar-refractivity contribution in [3.8, 4) is 0 Å². The molecule has 0 spiro atoms. The third kappa shape index (κ3) is 10.0. The first-order valence-corrected chi connectivity index (χ1v) is 18.9. The fraction of sp³-hybridized carbons (Fsp3) is 0.500. The molecule has 1 saturated heterocycles. The van der Waals surface area contributed by atoms with Gasteiger partial charge in [0.2, 0.25) is 11.8 Å². The van der Waals surface area contributed by atoms with E-state index >= 15 is 0 Å². The molecule has 1 fully saturated rings. The maximum absolute atomic E-state index is 13.2. The van der Waals surface area contributed by atoms with Gasteiger partial charge in [0.25, 0.3) is 21.9 Å². The van der Waals surface area contributed by atoms with Crippen LogP contribution in [0.3, 0.4) is 0 Å². The quantitative estimate of drug-likeness (QED) is 0.111. The third-order valence-corrected chi connectivity index (χ3v) is 10.5. The van der Waals surface area contributed by atoms with Crippen LogP contribution in [0.15, 0.2) is 46.2 Å². The van der Waals surface area contributed by atoms with E-state index in [2.05, 4.69) is 5.32 Å². The summed E-state index contributed by atoms with van der Waals surface area (Å²) in [4.78, 5) is 50.2. The van der Waals surface area contributed by atoms with E-state index in [-0.39, 0.29) is 86.6 Å². The number of nitrogens with zero attached hydrogens (tertiary/aromatic N) is 1. The first kappa shape index (κ1) is 39.2. The number of nitrogens with one attached hydrogen (secondary N) is 1. The maximum Gasteiger partial charge on any atom is 0.294 e. The number of rotatable bonds is 20. The standard InChI is InChI=1S/C32H40N2O14S2/c1-21-6-8-26(50(41,42)43)24(20-21)22(2)48-17-16-46-13-12-44-10-11-45-14-15-47-18-19-49(39,40)27-5-3-4-23-29(27)32(38)34(31(23)37)25-7-9-28(35)33-30(25)36/h3-6,8,20,22,25H,7,9-19H2,1-2H3,(H,33,35,36)(H,41,42,43). The Bertz CT molecular complexity index is 1800. The lowest BCUT2D eigenvalue weighted by atomic mass is 10.0. The summed E-state index contributed by atoms with van der Waals surface area (Å²) < 4.78 is 86.3. The lowest BCUT2D eigenvalue weighted by Gasteiger charge is -2.27. The molecular formula is C32H40N2O14S2. The van der Waals surface area contributed by atoms with Gasteiger partial charge < -0.3 is 23.7 Å². The maximum atomic E-state index is 13.2. The summed E-state index contributed by atoms with van der Waals surface area (Å²) in [6, 6.07) is 7.27. The van der Waals surface area contributed by atoms with Gasteiger partial charge in [0.05, 0.1) is 92.2 Å². The third-order valence-electron chi connectivity index (χ3n) is 7.85.